The second-order valence-electron chi connectivity index (χ2n) is 15.7. The summed E-state index contributed by atoms with van der Waals surface area (Å²) in [5.41, 5.74) is 0. The molecule has 0 fully saturated rings. The quantitative estimate of drug-likeness (QED) is 0.0264. The van der Waals surface area contributed by atoms with Gasteiger partial charge in [-0.05, 0) is 12.8 Å². The molecule has 0 amide bonds. The van der Waals surface area contributed by atoms with E-state index in [1.807, 2.05) is 21.1 Å². The van der Waals surface area contributed by atoms with Crippen LogP contribution in [0.4, 0.5) is 0 Å². The molecule has 0 aromatic rings. The first kappa shape index (κ1) is 50.0. The Bertz CT molecular complexity index is 850. The Morgan fingerprint density at radius 1 is 0.529 bits per heavy atom. The lowest BCUT2D eigenvalue weighted by Gasteiger charge is -2.28. The van der Waals surface area contributed by atoms with Crippen LogP contribution in [0.1, 0.15) is 200 Å². The molecule has 51 heavy (non-hydrogen) atoms. The summed E-state index contributed by atoms with van der Waals surface area (Å²) in [6.45, 7) is 4.25. The van der Waals surface area contributed by atoms with Gasteiger partial charge in [0.25, 0.3) is 7.82 Å². The highest BCUT2D eigenvalue weighted by atomic mass is 31.2. The number of hydrogen-bond donors (Lipinski definition) is 0. The molecule has 0 aromatic heterocycles. The van der Waals surface area contributed by atoms with Gasteiger partial charge in [0.1, 0.15) is 19.8 Å². The summed E-state index contributed by atoms with van der Waals surface area (Å²) in [7, 11) is 1.18. The lowest BCUT2D eigenvalue weighted by atomic mass is 10.0. The maximum atomic E-state index is 12.6. The molecule has 2 unspecified atom stereocenters. The minimum Gasteiger partial charge on any atom is -0.756 e. The monoisotopic (exact) mass is 748 g/mol. The minimum atomic E-state index is -4.61. The molecule has 0 radical (unpaired) electrons. The fourth-order valence-electron chi connectivity index (χ4n) is 6.01. The number of quaternary nitrogens is 1. The summed E-state index contributed by atoms with van der Waals surface area (Å²) < 4.78 is 33.8. The normalized spacial score (nSPS) is 13.6. The number of carbonyl (C=O) groups excluding carboxylic acids is 2. The Morgan fingerprint density at radius 2 is 0.882 bits per heavy atom. The first-order valence-corrected chi connectivity index (χ1v) is 22.7. The van der Waals surface area contributed by atoms with Crippen LogP contribution in [-0.4, -0.2) is 70.0 Å². The van der Waals surface area contributed by atoms with Crippen molar-refractivity contribution in [2.24, 2.45) is 0 Å². The van der Waals surface area contributed by atoms with Crippen LogP contribution in [0, 0.1) is 0 Å². The molecule has 10 heteroatoms. The van der Waals surface area contributed by atoms with E-state index in [9.17, 15) is 19.0 Å². The Morgan fingerprint density at radius 3 is 1.25 bits per heavy atom. The van der Waals surface area contributed by atoms with Crippen molar-refractivity contribution < 1.29 is 42.1 Å². The second-order valence-corrected chi connectivity index (χ2v) is 17.1. The SMILES string of the molecule is CCCCCCCCCCCCCCCCC(=O)OC(COC(=O)CCCCCCCCCCCCCCC)COP(=O)([O-])OCC[N+](C)(C)C. The van der Waals surface area contributed by atoms with Crippen LogP contribution >= 0.6 is 7.82 Å². The lowest BCUT2D eigenvalue weighted by molar-refractivity contribution is -0.870. The van der Waals surface area contributed by atoms with E-state index in [2.05, 4.69) is 13.8 Å². The second kappa shape index (κ2) is 34.8. The van der Waals surface area contributed by atoms with Crippen molar-refractivity contribution in [3.8, 4) is 0 Å². The molecular weight excluding hydrogens is 665 g/mol. The van der Waals surface area contributed by atoms with Gasteiger partial charge in [-0.15, -0.1) is 0 Å². The molecule has 0 rings (SSSR count). The molecule has 0 aliphatic rings. The smallest absolute Gasteiger partial charge is 0.306 e. The van der Waals surface area contributed by atoms with Gasteiger partial charge in [-0.2, -0.15) is 0 Å². The number of likely N-dealkylation sites (N-methyl/N-ethyl adjacent to an activating group) is 1. The van der Waals surface area contributed by atoms with E-state index in [0.717, 1.165) is 32.1 Å². The highest BCUT2D eigenvalue weighted by Gasteiger charge is 2.21. The molecule has 0 saturated heterocycles. The van der Waals surface area contributed by atoms with Crippen LogP contribution in [0.3, 0.4) is 0 Å². The average molecular weight is 748 g/mol. The zero-order chi connectivity index (χ0) is 37.9. The zero-order valence-corrected chi connectivity index (χ0v) is 35.0. The van der Waals surface area contributed by atoms with Gasteiger partial charge < -0.3 is 27.9 Å². The highest BCUT2D eigenvalue weighted by Crippen LogP contribution is 2.38. The molecule has 0 saturated carbocycles. The molecule has 0 spiro atoms. The predicted octanol–water partition coefficient (Wildman–Crippen LogP) is 11.0. The van der Waals surface area contributed by atoms with Gasteiger partial charge in [0.05, 0.1) is 27.7 Å². The van der Waals surface area contributed by atoms with E-state index in [-0.39, 0.29) is 32.0 Å². The van der Waals surface area contributed by atoms with E-state index in [4.69, 9.17) is 18.5 Å². The molecule has 0 aromatic carbocycles. The van der Waals surface area contributed by atoms with Crippen molar-refractivity contribution in [2.45, 2.75) is 206 Å². The van der Waals surface area contributed by atoms with Gasteiger partial charge >= 0.3 is 11.9 Å². The summed E-state index contributed by atoms with van der Waals surface area (Å²) in [6, 6.07) is 0. The number of phosphoric ester groups is 1. The van der Waals surface area contributed by atoms with Crippen molar-refractivity contribution in [3.05, 3.63) is 0 Å². The summed E-state index contributed by atoms with van der Waals surface area (Å²) in [6.07, 6.45) is 32.6. The van der Waals surface area contributed by atoms with E-state index in [1.165, 1.54) is 135 Å². The standard InChI is InChI=1S/C41H82NO8P/c1-6-8-10-12-14-16-18-20-22-24-26-28-30-32-34-41(44)50-39(38-49-51(45,46)48-36-35-42(3,4)5)37-47-40(43)33-31-29-27-25-23-21-19-17-15-13-11-9-7-2/h39H,6-38H2,1-5H3. The van der Waals surface area contributed by atoms with Gasteiger partial charge in [0.2, 0.25) is 0 Å². The van der Waals surface area contributed by atoms with Crippen molar-refractivity contribution in [3.63, 3.8) is 0 Å². The van der Waals surface area contributed by atoms with Crippen molar-refractivity contribution >= 4 is 19.8 Å². The van der Waals surface area contributed by atoms with Gasteiger partial charge in [0.15, 0.2) is 6.10 Å². The summed E-state index contributed by atoms with van der Waals surface area (Å²) in [5.74, 6) is -0.822. The third-order valence-corrected chi connectivity index (χ3v) is 10.3. The number of esters is 2. The number of ether oxygens (including phenoxy) is 2. The summed E-state index contributed by atoms with van der Waals surface area (Å²) in [4.78, 5) is 37.4. The van der Waals surface area contributed by atoms with E-state index in [1.54, 1.807) is 0 Å². The van der Waals surface area contributed by atoms with Crippen LogP contribution in [0.5, 0.6) is 0 Å². The number of carbonyl (C=O) groups is 2. The third-order valence-electron chi connectivity index (χ3n) is 9.38. The summed E-state index contributed by atoms with van der Waals surface area (Å²) in [5, 5.41) is 0. The Hall–Kier alpha value is -0.990. The molecule has 0 bridgehead atoms. The fraction of sp³-hybridized carbons (Fsp3) is 0.951. The van der Waals surface area contributed by atoms with Gasteiger partial charge in [-0.1, -0.05) is 174 Å². The molecular formula is C41H82NO8P. The Balaban J connectivity index is 4.35. The number of nitrogens with zero attached hydrogens (tertiary/aromatic N) is 1. The van der Waals surface area contributed by atoms with Crippen LogP contribution < -0.4 is 4.89 Å². The Kier molecular flexibility index (Phi) is 34.1. The molecule has 304 valence electrons. The number of hydrogen-bond acceptors (Lipinski definition) is 8. The van der Waals surface area contributed by atoms with Gasteiger partial charge in [-0.3, -0.25) is 14.2 Å². The summed E-state index contributed by atoms with van der Waals surface area (Å²) >= 11 is 0. The maximum Gasteiger partial charge on any atom is 0.306 e. The van der Waals surface area contributed by atoms with Crippen LogP contribution in [0.15, 0.2) is 0 Å². The van der Waals surface area contributed by atoms with Crippen LogP contribution in [0.2, 0.25) is 0 Å². The first-order chi connectivity index (χ1) is 24.5. The van der Waals surface area contributed by atoms with Crippen LogP contribution in [-0.2, 0) is 32.7 Å². The van der Waals surface area contributed by atoms with E-state index < -0.39 is 26.5 Å². The van der Waals surface area contributed by atoms with Gasteiger partial charge in [0, 0.05) is 12.8 Å². The van der Waals surface area contributed by atoms with Gasteiger partial charge in [-0.25, -0.2) is 0 Å². The van der Waals surface area contributed by atoms with E-state index in [0.29, 0.717) is 17.4 Å². The molecule has 0 heterocycles. The molecule has 9 nitrogen and oxygen atoms in total. The number of rotatable bonds is 39. The third kappa shape index (κ3) is 38.5. The lowest BCUT2D eigenvalue weighted by Crippen LogP contribution is -2.37. The molecule has 0 aliphatic carbocycles. The van der Waals surface area contributed by atoms with Crippen LogP contribution in [0.25, 0.3) is 0 Å². The molecule has 0 aliphatic heterocycles. The Labute approximate surface area is 314 Å². The van der Waals surface area contributed by atoms with Crippen molar-refractivity contribution in [2.75, 3.05) is 47.5 Å². The largest absolute Gasteiger partial charge is 0.756 e. The predicted molar refractivity (Wildman–Crippen MR) is 208 cm³/mol. The zero-order valence-electron chi connectivity index (χ0n) is 34.1. The number of phosphoric acid groups is 1. The first-order valence-electron chi connectivity index (χ1n) is 21.2. The van der Waals surface area contributed by atoms with Crippen molar-refractivity contribution in [1.82, 2.24) is 0 Å². The minimum absolute atomic E-state index is 0.0258. The van der Waals surface area contributed by atoms with E-state index >= 15 is 0 Å². The average Bonchev–Trinajstić information content (AvgIpc) is 3.07. The molecule has 2 atom stereocenters. The molecule has 0 N–H and O–H groups in total. The topological polar surface area (TPSA) is 111 Å². The maximum absolute atomic E-state index is 12.6. The number of unbranched alkanes of at least 4 members (excludes halogenated alkanes) is 25. The van der Waals surface area contributed by atoms with Crippen molar-refractivity contribution in [1.29, 1.82) is 0 Å². The fourth-order valence-corrected chi connectivity index (χ4v) is 6.74. The highest BCUT2D eigenvalue weighted by molar-refractivity contribution is 7.45.